The Bertz CT molecular complexity index is 862. The number of pyridine rings is 1. The number of nitrogens with one attached hydrogen (secondary N) is 2. The Hall–Kier alpha value is -3.07. The van der Waals surface area contributed by atoms with Gasteiger partial charge in [-0.15, -0.1) is 11.3 Å². The number of rotatable bonds is 5. The molecule has 0 saturated heterocycles. The summed E-state index contributed by atoms with van der Waals surface area (Å²) in [6.45, 7) is 0.380. The number of carbonyl (C=O) groups excluding carboxylic acids is 1. The molecule has 2 amide bonds. The number of amides is 2. The van der Waals surface area contributed by atoms with Crippen molar-refractivity contribution in [2.24, 2.45) is 0 Å². The van der Waals surface area contributed by atoms with Gasteiger partial charge >= 0.3 is 11.7 Å². The lowest BCUT2D eigenvalue weighted by atomic mass is 10.3. The molecule has 0 aliphatic carbocycles. The Kier molecular flexibility index (Phi) is 4.62. The van der Waals surface area contributed by atoms with Crippen LogP contribution in [0.4, 0.5) is 16.2 Å². The minimum atomic E-state index is -0.594. The second-order valence-corrected chi connectivity index (χ2v) is 5.97. The number of anilines is 1. The van der Waals surface area contributed by atoms with E-state index >= 15 is 0 Å². The number of hydrogen-bond acceptors (Lipinski definition) is 6. The van der Waals surface area contributed by atoms with Gasteiger partial charge in [0.2, 0.25) is 0 Å². The Morgan fingerprint density at radius 2 is 2.12 bits per heavy atom. The first-order chi connectivity index (χ1) is 11.6. The van der Waals surface area contributed by atoms with Crippen LogP contribution in [-0.4, -0.2) is 27.5 Å². The highest BCUT2D eigenvalue weighted by atomic mass is 32.1. The van der Waals surface area contributed by atoms with Crippen molar-refractivity contribution in [3.8, 4) is 0 Å². The molecule has 3 rings (SSSR count). The third-order valence-corrected chi connectivity index (χ3v) is 4.30. The predicted molar refractivity (Wildman–Crippen MR) is 91.2 cm³/mol. The topological polar surface area (TPSA) is 110 Å². The molecule has 0 bridgehead atoms. The van der Waals surface area contributed by atoms with Crippen molar-refractivity contribution >= 4 is 39.0 Å². The third kappa shape index (κ3) is 3.63. The highest BCUT2D eigenvalue weighted by Crippen LogP contribution is 2.22. The normalized spacial score (nSPS) is 10.5. The van der Waals surface area contributed by atoms with Crippen molar-refractivity contribution in [2.45, 2.75) is 6.42 Å². The number of nitro groups is 1. The monoisotopic (exact) mass is 343 g/mol. The van der Waals surface area contributed by atoms with Gasteiger partial charge in [-0.25, -0.2) is 9.78 Å². The lowest BCUT2D eigenvalue weighted by Gasteiger charge is -2.06. The number of carbonyl (C=O) groups is 1. The van der Waals surface area contributed by atoms with E-state index < -0.39 is 11.0 Å². The minimum absolute atomic E-state index is 0.104. The fourth-order valence-corrected chi connectivity index (χ4v) is 3.08. The zero-order valence-electron chi connectivity index (χ0n) is 12.4. The second-order valence-electron chi connectivity index (χ2n) is 4.86. The number of para-hydroxylation sites is 1. The molecular weight excluding hydrogens is 330 g/mol. The molecule has 3 aromatic rings. The van der Waals surface area contributed by atoms with E-state index in [4.69, 9.17) is 0 Å². The first kappa shape index (κ1) is 15.8. The Balaban J connectivity index is 1.55. The lowest BCUT2D eigenvalue weighted by molar-refractivity contribution is -0.384. The quantitative estimate of drug-likeness (QED) is 0.546. The molecule has 0 unspecified atom stereocenters. The average molecular weight is 343 g/mol. The number of thiazole rings is 1. The molecule has 0 radical (unpaired) electrons. The van der Waals surface area contributed by atoms with Crippen LogP contribution in [0.2, 0.25) is 0 Å². The Labute approximate surface area is 140 Å². The highest BCUT2D eigenvalue weighted by Gasteiger charge is 2.15. The molecule has 2 heterocycles. The largest absolute Gasteiger partial charge is 0.337 e. The number of fused-ring (bicyclic) bond motifs is 1. The zero-order chi connectivity index (χ0) is 16.9. The number of aromatic nitrogens is 2. The van der Waals surface area contributed by atoms with E-state index in [1.165, 1.54) is 12.3 Å². The summed E-state index contributed by atoms with van der Waals surface area (Å²) in [6, 6.07) is 8.70. The van der Waals surface area contributed by atoms with Crippen molar-refractivity contribution in [1.29, 1.82) is 0 Å². The third-order valence-electron chi connectivity index (χ3n) is 3.21. The molecule has 0 spiro atoms. The molecule has 8 nitrogen and oxygen atoms in total. The van der Waals surface area contributed by atoms with E-state index in [-0.39, 0.29) is 11.4 Å². The van der Waals surface area contributed by atoms with Crippen LogP contribution < -0.4 is 10.6 Å². The molecular formula is C15H13N5O3S. The van der Waals surface area contributed by atoms with Crippen LogP contribution in [0.25, 0.3) is 10.2 Å². The summed E-state index contributed by atoms with van der Waals surface area (Å²) in [5.41, 5.74) is 0.792. The highest BCUT2D eigenvalue weighted by molar-refractivity contribution is 7.18. The molecule has 9 heteroatoms. The summed E-state index contributed by atoms with van der Waals surface area (Å²) in [4.78, 5) is 30.3. The fourth-order valence-electron chi connectivity index (χ4n) is 2.11. The molecule has 0 aliphatic heterocycles. The van der Waals surface area contributed by atoms with Gasteiger partial charge in [0.1, 0.15) is 11.9 Å². The molecule has 0 fully saturated rings. The van der Waals surface area contributed by atoms with Gasteiger partial charge in [0.25, 0.3) is 0 Å². The van der Waals surface area contributed by atoms with Crippen LogP contribution in [0, 0.1) is 10.1 Å². The number of urea groups is 1. The van der Waals surface area contributed by atoms with Crippen molar-refractivity contribution in [3.05, 3.63) is 57.8 Å². The predicted octanol–water partition coefficient (Wildman–Crippen LogP) is 2.96. The maximum absolute atomic E-state index is 11.9. The summed E-state index contributed by atoms with van der Waals surface area (Å²) in [5.74, 6) is 0. The number of nitrogens with zero attached hydrogens (tertiary/aromatic N) is 3. The summed E-state index contributed by atoms with van der Waals surface area (Å²) in [6.07, 6.45) is 3.06. The molecule has 0 aliphatic rings. The lowest BCUT2D eigenvalue weighted by Crippen LogP contribution is -2.30. The number of hydrogen-bond donors (Lipinski definition) is 2. The summed E-state index contributed by atoms with van der Waals surface area (Å²) < 4.78 is 1.10. The van der Waals surface area contributed by atoms with Crippen molar-refractivity contribution in [3.63, 3.8) is 0 Å². The smallest absolute Gasteiger partial charge is 0.319 e. The van der Waals surface area contributed by atoms with E-state index in [1.807, 2.05) is 24.3 Å². The first-order valence-corrected chi connectivity index (χ1v) is 7.93. The fraction of sp³-hybridized carbons (Fsp3) is 0.133. The van der Waals surface area contributed by atoms with Gasteiger partial charge in [-0.05, 0) is 18.2 Å². The van der Waals surface area contributed by atoms with Crippen LogP contribution in [0.1, 0.15) is 5.01 Å². The Morgan fingerprint density at radius 3 is 2.92 bits per heavy atom. The minimum Gasteiger partial charge on any atom is -0.337 e. The molecule has 0 saturated carbocycles. The van der Waals surface area contributed by atoms with Crippen LogP contribution in [0.15, 0.2) is 42.7 Å². The maximum Gasteiger partial charge on any atom is 0.319 e. The molecule has 122 valence electrons. The van der Waals surface area contributed by atoms with E-state index in [9.17, 15) is 14.9 Å². The van der Waals surface area contributed by atoms with E-state index in [1.54, 1.807) is 11.3 Å². The standard InChI is InChI=1S/C15H13N5O3S/c21-15(19-10-5-7-16-9-12(10)20(22)23)17-8-6-14-18-11-3-1-2-4-13(11)24-14/h1-5,7,9H,6,8H2,(H2,16,17,19,21). The van der Waals surface area contributed by atoms with Crippen LogP contribution >= 0.6 is 11.3 Å². The molecule has 2 N–H and O–H groups in total. The van der Waals surface area contributed by atoms with Gasteiger partial charge in [-0.2, -0.15) is 0 Å². The van der Waals surface area contributed by atoms with Crippen molar-refractivity contribution in [2.75, 3.05) is 11.9 Å². The van der Waals surface area contributed by atoms with E-state index in [0.29, 0.717) is 13.0 Å². The van der Waals surface area contributed by atoms with E-state index in [0.717, 1.165) is 21.4 Å². The molecule has 0 atom stereocenters. The van der Waals surface area contributed by atoms with Crippen molar-refractivity contribution in [1.82, 2.24) is 15.3 Å². The summed E-state index contributed by atoms with van der Waals surface area (Å²) in [7, 11) is 0. The molecule has 2 aromatic heterocycles. The Morgan fingerprint density at radius 1 is 1.29 bits per heavy atom. The summed E-state index contributed by atoms with van der Waals surface area (Å²) in [5, 5.41) is 16.9. The van der Waals surface area contributed by atoms with Crippen LogP contribution in [-0.2, 0) is 6.42 Å². The van der Waals surface area contributed by atoms with Crippen LogP contribution in [0.5, 0.6) is 0 Å². The number of benzene rings is 1. The van der Waals surface area contributed by atoms with Gasteiger partial charge in [-0.1, -0.05) is 12.1 Å². The SMILES string of the molecule is O=C(NCCc1nc2ccccc2s1)Nc1ccncc1[N+](=O)[O-]. The zero-order valence-corrected chi connectivity index (χ0v) is 13.2. The molecule has 1 aromatic carbocycles. The second kappa shape index (κ2) is 7.01. The van der Waals surface area contributed by atoms with Gasteiger partial charge in [-0.3, -0.25) is 15.1 Å². The van der Waals surface area contributed by atoms with Crippen LogP contribution in [0.3, 0.4) is 0 Å². The van der Waals surface area contributed by atoms with E-state index in [2.05, 4.69) is 20.6 Å². The molecule has 24 heavy (non-hydrogen) atoms. The summed E-state index contributed by atoms with van der Waals surface area (Å²) >= 11 is 1.58. The van der Waals surface area contributed by atoms with Crippen molar-refractivity contribution < 1.29 is 9.72 Å². The van der Waals surface area contributed by atoms with Gasteiger partial charge in [0.15, 0.2) is 0 Å². The average Bonchev–Trinajstić information content (AvgIpc) is 2.97. The van der Waals surface area contributed by atoms with Gasteiger partial charge in [0, 0.05) is 19.2 Å². The van der Waals surface area contributed by atoms with Gasteiger partial charge < -0.3 is 10.6 Å². The van der Waals surface area contributed by atoms with Gasteiger partial charge in [0.05, 0.1) is 20.1 Å². The first-order valence-electron chi connectivity index (χ1n) is 7.11. The maximum atomic E-state index is 11.9.